The second-order valence-electron chi connectivity index (χ2n) is 8.68. The minimum absolute atomic E-state index is 0.111. The lowest BCUT2D eigenvalue weighted by molar-refractivity contribution is 0.0931. The molecule has 4 aromatic rings. The van der Waals surface area contributed by atoms with Crippen molar-refractivity contribution in [3.8, 4) is 0 Å². The minimum atomic E-state index is -0.400. The summed E-state index contributed by atoms with van der Waals surface area (Å²) in [7, 11) is 1.82. The van der Waals surface area contributed by atoms with Crippen molar-refractivity contribution in [1.82, 2.24) is 30.8 Å². The van der Waals surface area contributed by atoms with E-state index in [2.05, 4.69) is 43.5 Å². The highest BCUT2D eigenvalue weighted by atomic mass is 16.5. The van der Waals surface area contributed by atoms with E-state index in [0.717, 1.165) is 34.9 Å². The molecule has 8 N–H and O–H groups in total. The van der Waals surface area contributed by atoms with Gasteiger partial charge in [0, 0.05) is 31.6 Å². The zero-order valence-electron chi connectivity index (χ0n) is 22.3. The molecule has 2 amide bonds. The lowest BCUT2D eigenvalue weighted by atomic mass is 10.0. The van der Waals surface area contributed by atoms with Crippen LogP contribution in [-0.2, 0) is 19.5 Å². The average molecular weight is 534 g/mol. The summed E-state index contributed by atoms with van der Waals surface area (Å²) in [6, 6.07) is 13.1. The largest absolute Gasteiger partial charge is 0.356 e. The van der Waals surface area contributed by atoms with Gasteiger partial charge in [-0.3, -0.25) is 27.1 Å². The van der Waals surface area contributed by atoms with Gasteiger partial charge in [-0.1, -0.05) is 43.3 Å². The number of hydrogen-bond acceptors (Lipinski definition) is 10. The zero-order chi connectivity index (χ0) is 28.4. The van der Waals surface area contributed by atoms with E-state index in [1.165, 1.54) is 18.0 Å². The Morgan fingerprint density at radius 2 is 1.74 bits per heavy atom. The number of rotatable bonds is 7. The number of carbonyl (C=O) groups is 2. The van der Waals surface area contributed by atoms with Crippen molar-refractivity contribution in [3.63, 3.8) is 0 Å². The molecule has 2 aromatic heterocycles. The molecule has 12 nitrogen and oxygen atoms in total. The van der Waals surface area contributed by atoms with Gasteiger partial charge in [0.1, 0.15) is 17.7 Å². The maximum Gasteiger partial charge on any atom is 0.270 e. The standard InChI is InChI=1S/C25H25N7O3.C2H6.H4N2/c1-32(26)13-16-3-6-19-17(8-16)5-7-20(19)31-25(34)22-10-21(28-14-29-22)24(33)27-11-15-2-4-18-12-30-35-23(18)9-15;2*1-2/h2-4,6,8-10,12,14,20H,5,7,11,13,26H2,1H3,(H,27,33)(H,31,34);1-2H3;1-2H2. The van der Waals surface area contributed by atoms with Gasteiger partial charge >= 0.3 is 0 Å². The Bertz CT molecular complexity index is 1400. The first-order valence-electron chi connectivity index (χ1n) is 12.6. The first kappa shape index (κ1) is 29.3. The third-order valence-corrected chi connectivity index (χ3v) is 6.03. The predicted octanol–water partition coefficient (Wildman–Crippen LogP) is 2.12. The van der Waals surface area contributed by atoms with Gasteiger partial charge in [0.25, 0.3) is 11.8 Å². The smallest absolute Gasteiger partial charge is 0.270 e. The van der Waals surface area contributed by atoms with Crippen LogP contribution in [0.3, 0.4) is 0 Å². The molecular formula is C27H35N9O3. The monoisotopic (exact) mass is 533 g/mol. The average Bonchev–Trinajstić information content (AvgIpc) is 3.60. The van der Waals surface area contributed by atoms with Crippen molar-refractivity contribution < 1.29 is 14.1 Å². The number of aromatic nitrogens is 3. The van der Waals surface area contributed by atoms with Crippen LogP contribution in [-0.4, -0.2) is 39.0 Å². The molecule has 1 aliphatic carbocycles. The minimum Gasteiger partial charge on any atom is -0.356 e. The highest BCUT2D eigenvalue weighted by Crippen LogP contribution is 2.32. The van der Waals surface area contributed by atoms with Crippen LogP contribution in [0.15, 0.2) is 59.5 Å². The summed E-state index contributed by atoms with van der Waals surface area (Å²) < 4.78 is 5.15. The summed E-state index contributed by atoms with van der Waals surface area (Å²) in [5.41, 5.74) is 5.20. The number of amides is 2. The molecule has 1 unspecified atom stereocenters. The first-order valence-corrected chi connectivity index (χ1v) is 12.6. The van der Waals surface area contributed by atoms with Gasteiger partial charge < -0.3 is 15.2 Å². The van der Waals surface area contributed by atoms with Crippen molar-refractivity contribution in [3.05, 3.63) is 88.6 Å². The third-order valence-electron chi connectivity index (χ3n) is 6.03. The van der Waals surface area contributed by atoms with Crippen LogP contribution in [0.2, 0.25) is 0 Å². The third kappa shape index (κ3) is 7.42. The molecule has 0 saturated carbocycles. The topological polar surface area (TPSA) is 191 Å². The maximum absolute atomic E-state index is 12.9. The molecule has 2 heterocycles. The second-order valence-corrected chi connectivity index (χ2v) is 8.68. The van der Waals surface area contributed by atoms with E-state index in [0.29, 0.717) is 12.1 Å². The quantitative estimate of drug-likeness (QED) is 0.174. The van der Waals surface area contributed by atoms with Gasteiger partial charge in [0.05, 0.1) is 12.2 Å². The Kier molecular flexibility index (Phi) is 10.6. The summed E-state index contributed by atoms with van der Waals surface area (Å²) in [5.74, 6) is 13.0. The summed E-state index contributed by atoms with van der Waals surface area (Å²) >= 11 is 0. The molecule has 0 spiro atoms. The van der Waals surface area contributed by atoms with Gasteiger partial charge in [0.15, 0.2) is 5.58 Å². The summed E-state index contributed by atoms with van der Waals surface area (Å²) in [6.07, 6.45) is 4.53. The molecular weight excluding hydrogens is 498 g/mol. The lowest BCUT2D eigenvalue weighted by Crippen LogP contribution is -2.29. The van der Waals surface area contributed by atoms with Crippen molar-refractivity contribution in [2.24, 2.45) is 17.5 Å². The van der Waals surface area contributed by atoms with E-state index < -0.39 is 5.91 Å². The van der Waals surface area contributed by atoms with Gasteiger partial charge in [-0.15, -0.1) is 0 Å². The number of nitrogens with one attached hydrogen (secondary N) is 2. The molecule has 0 saturated heterocycles. The fourth-order valence-corrected chi connectivity index (χ4v) is 4.33. The van der Waals surface area contributed by atoms with E-state index in [1.54, 1.807) is 11.2 Å². The van der Waals surface area contributed by atoms with Crippen LogP contribution < -0.4 is 28.2 Å². The Hall–Kier alpha value is -4.23. The highest BCUT2D eigenvalue weighted by Gasteiger charge is 2.25. The van der Waals surface area contributed by atoms with Gasteiger partial charge in [-0.05, 0) is 47.2 Å². The van der Waals surface area contributed by atoms with Crippen molar-refractivity contribution in [1.29, 1.82) is 0 Å². The number of hydrogen-bond donors (Lipinski definition) is 5. The summed E-state index contributed by atoms with van der Waals surface area (Å²) in [6.45, 7) is 4.94. The molecule has 0 bridgehead atoms. The van der Waals surface area contributed by atoms with Crippen LogP contribution in [0.4, 0.5) is 0 Å². The SMILES string of the molecule is CC.CN(N)Cc1ccc2c(c1)CCC2NC(=O)c1cc(C(=O)NCc2ccc3cnoc3c2)ncn1.NN. The molecule has 2 aromatic carbocycles. The van der Waals surface area contributed by atoms with Crippen molar-refractivity contribution in [2.45, 2.75) is 45.8 Å². The molecule has 206 valence electrons. The van der Waals surface area contributed by atoms with Crippen LogP contribution in [0, 0.1) is 0 Å². The Labute approximate surface area is 226 Å². The van der Waals surface area contributed by atoms with Gasteiger partial charge in [-0.2, -0.15) is 0 Å². The fourth-order valence-electron chi connectivity index (χ4n) is 4.33. The van der Waals surface area contributed by atoms with Crippen LogP contribution >= 0.6 is 0 Å². The number of nitrogens with zero attached hydrogens (tertiary/aromatic N) is 4. The Balaban J connectivity index is 0.00000100. The first-order chi connectivity index (χ1) is 19.0. The predicted molar refractivity (Wildman–Crippen MR) is 148 cm³/mol. The second kappa shape index (κ2) is 14.1. The Morgan fingerprint density at radius 3 is 2.49 bits per heavy atom. The normalized spacial score (nSPS) is 13.6. The van der Waals surface area contributed by atoms with E-state index in [4.69, 9.17) is 10.4 Å². The fraction of sp³-hybridized carbons (Fsp3) is 0.296. The number of hydrazine groups is 2. The van der Waals surface area contributed by atoms with Gasteiger partial charge in [-0.25, -0.2) is 15.0 Å². The number of carbonyl (C=O) groups excluding carboxylic acids is 2. The molecule has 39 heavy (non-hydrogen) atoms. The molecule has 0 radical (unpaired) electrons. The van der Waals surface area contributed by atoms with E-state index in [-0.39, 0.29) is 29.9 Å². The molecule has 1 atom stereocenters. The molecule has 1 aliphatic rings. The zero-order valence-corrected chi connectivity index (χ0v) is 22.3. The highest BCUT2D eigenvalue weighted by molar-refractivity contribution is 5.97. The lowest BCUT2D eigenvalue weighted by Gasteiger charge is -2.15. The van der Waals surface area contributed by atoms with Crippen LogP contribution in [0.5, 0.6) is 0 Å². The summed E-state index contributed by atoms with van der Waals surface area (Å²) in [5, 5.41) is 12.1. The van der Waals surface area contributed by atoms with Crippen LogP contribution in [0.1, 0.15) is 69.5 Å². The number of aryl methyl sites for hydroxylation is 1. The number of nitrogens with two attached hydrogens (primary N) is 3. The van der Waals surface area contributed by atoms with E-state index in [9.17, 15) is 9.59 Å². The number of fused-ring (bicyclic) bond motifs is 2. The van der Waals surface area contributed by atoms with Crippen LogP contribution in [0.25, 0.3) is 11.0 Å². The van der Waals surface area contributed by atoms with E-state index >= 15 is 0 Å². The molecule has 12 heteroatoms. The Morgan fingerprint density at radius 1 is 1.03 bits per heavy atom. The molecule has 0 aliphatic heterocycles. The van der Waals surface area contributed by atoms with Crippen molar-refractivity contribution in [2.75, 3.05) is 7.05 Å². The summed E-state index contributed by atoms with van der Waals surface area (Å²) in [4.78, 5) is 33.6. The van der Waals surface area contributed by atoms with Gasteiger partial charge in [0.2, 0.25) is 0 Å². The van der Waals surface area contributed by atoms with Crippen molar-refractivity contribution >= 4 is 22.8 Å². The number of benzene rings is 2. The maximum atomic E-state index is 12.9. The van der Waals surface area contributed by atoms with E-state index in [1.807, 2.05) is 51.2 Å². The molecule has 0 fully saturated rings. The molecule has 5 rings (SSSR count).